The molecule has 1 fully saturated rings. The molecule has 3 aromatic rings. The molecular formula is C25H28N4O4. The lowest BCUT2D eigenvalue weighted by atomic mass is 10.1. The highest BCUT2D eigenvalue weighted by Crippen LogP contribution is 2.38. The van der Waals surface area contributed by atoms with E-state index in [-0.39, 0.29) is 17.7 Å². The number of nitrogens with one attached hydrogen (secondary N) is 3. The summed E-state index contributed by atoms with van der Waals surface area (Å²) in [6.45, 7) is 4.11. The van der Waals surface area contributed by atoms with Crippen LogP contribution in [0.15, 0.2) is 48.5 Å². The maximum Gasteiger partial charge on any atom is 0.354 e. The molecule has 2 aromatic carbocycles. The summed E-state index contributed by atoms with van der Waals surface area (Å²) in [5, 5.41) is 6.53. The van der Waals surface area contributed by atoms with Crippen LogP contribution in [-0.4, -0.2) is 35.4 Å². The highest BCUT2D eigenvalue weighted by atomic mass is 16.5. The van der Waals surface area contributed by atoms with E-state index in [1.807, 2.05) is 24.3 Å². The van der Waals surface area contributed by atoms with Crippen LogP contribution in [0.2, 0.25) is 0 Å². The third-order valence-corrected chi connectivity index (χ3v) is 5.84. The molecule has 0 bridgehead atoms. The summed E-state index contributed by atoms with van der Waals surface area (Å²) in [5.74, 6) is -0.105. The van der Waals surface area contributed by atoms with Crippen LogP contribution >= 0.6 is 0 Å². The minimum atomic E-state index is -0.741. The van der Waals surface area contributed by atoms with Gasteiger partial charge in [-0.25, -0.2) is 4.79 Å². The van der Waals surface area contributed by atoms with Crippen LogP contribution in [0.3, 0.4) is 0 Å². The van der Waals surface area contributed by atoms with Crippen molar-refractivity contribution < 1.29 is 19.1 Å². The Labute approximate surface area is 191 Å². The number of ether oxygens (including phenoxy) is 1. The van der Waals surface area contributed by atoms with E-state index in [0.717, 1.165) is 28.6 Å². The van der Waals surface area contributed by atoms with Crippen molar-refractivity contribution in [3.63, 3.8) is 0 Å². The summed E-state index contributed by atoms with van der Waals surface area (Å²) in [6.07, 6.45) is 1.30. The Morgan fingerprint density at radius 2 is 1.79 bits per heavy atom. The van der Waals surface area contributed by atoms with E-state index in [4.69, 9.17) is 10.5 Å². The SMILES string of the molecule is CCOC(=O)c1cc2cc(NC(=O)[C@@H](N)Cc3ccc(NC(=O)[C@H]4C[C@@H]4C)cc3)ccc2[nH]1. The van der Waals surface area contributed by atoms with Crippen molar-refractivity contribution in [1.29, 1.82) is 0 Å². The van der Waals surface area contributed by atoms with Gasteiger partial charge < -0.3 is 26.1 Å². The first-order valence-electron chi connectivity index (χ1n) is 11.1. The van der Waals surface area contributed by atoms with Gasteiger partial charge in [-0.1, -0.05) is 19.1 Å². The van der Waals surface area contributed by atoms with Crippen molar-refractivity contribution in [2.75, 3.05) is 17.2 Å². The number of fused-ring (bicyclic) bond motifs is 1. The van der Waals surface area contributed by atoms with Crippen LogP contribution in [0, 0.1) is 11.8 Å². The van der Waals surface area contributed by atoms with Crippen LogP contribution in [-0.2, 0) is 20.7 Å². The van der Waals surface area contributed by atoms with Crippen LogP contribution in [0.25, 0.3) is 10.9 Å². The van der Waals surface area contributed by atoms with Gasteiger partial charge >= 0.3 is 5.97 Å². The van der Waals surface area contributed by atoms with Crippen molar-refractivity contribution in [1.82, 2.24) is 4.98 Å². The molecule has 1 saturated carbocycles. The Morgan fingerprint density at radius 1 is 1.09 bits per heavy atom. The minimum absolute atomic E-state index is 0.0556. The second kappa shape index (κ2) is 9.46. The molecule has 4 rings (SSSR count). The number of aromatic amines is 1. The quantitative estimate of drug-likeness (QED) is 0.393. The van der Waals surface area contributed by atoms with Gasteiger partial charge in [-0.15, -0.1) is 0 Å². The number of carbonyl (C=O) groups excluding carboxylic acids is 3. The fourth-order valence-corrected chi connectivity index (χ4v) is 3.76. The first kappa shape index (κ1) is 22.5. The lowest BCUT2D eigenvalue weighted by molar-refractivity contribution is -0.118. The lowest BCUT2D eigenvalue weighted by Gasteiger charge is -2.13. The molecule has 3 atom stereocenters. The van der Waals surface area contributed by atoms with Gasteiger partial charge in [-0.3, -0.25) is 9.59 Å². The molecule has 8 nitrogen and oxygen atoms in total. The van der Waals surface area contributed by atoms with E-state index in [0.29, 0.717) is 30.3 Å². The van der Waals surface area contributed by atoms with E-state index in [1.54, 1.807) is 31.2 Å². The molecule has 1 aliphatic rings. The van der Waals surface area contributed by atoms with E-state index in [2.05, 4.69) is 22.5 Å². The molecule has 0 aliphatic heterocycles. The number of amides is 2. The first-order valence-corrected chi connectivity index (χ1v) is 11.1. The third kappa shape index (κ3) is 5.40. The number of nitrogens with two attached hydrogens (primary N) is 1. The molecule has 33 heavy (non-hydrogen) atoms. The number of aromatic nitrogens is 1. The zero-order chi connectivity index (χ0) is 23.5. The van der Waals surface area contributed by atoms with E-state index < -0.39 is 12.0 Å². The van der Waals surface area contributed by atoms with E-state index in [9.17, 15) is 14.4 Å². The van der Waals surface area contributed by atoms with Crippen LogP contribution in [0.1, 0.15) is 36.3 Å². The minimum Gasteiger partial charge on any atom is -0.461 e. The standard InChI is InChI=1S/C25H28N4O4/c1-3-33-25(32)22-13-16-12-18(8-9-21(16)29-22)28-24(31)20(26)11-15-4-6-17(7-5-15)27-23(30)19-10-14(19)2/h4-9,12-14,19-20,29H,3,10-11,26H2,1-2H3,(H,27,30)(H,28,31)/t14-,19-,20-/m0/s1. The maximum atomic E-state index is 12.6. The fraction of sp³-hybridized carbons (Fsp3) is 0.320. The third-order valence-electron chi connectivity index (χ3n) is 5.84. The van der Waals surface area contributed by atoms with Crippen LogP contribution in [0.5, 0.6) is 0 Å². The average molecular weight is 449 g/mol. The number of anilines is 2. The predicted molar refractivity (Wildman–Crippen MR) is 127 cm³/mol. The molecule has 172 valence electrons. The van der Waals surface area contributed by atoms with Gasteiger partial charge in [-0.05, 0) is 67.6 Å². The number of hydrogen-bond donors (Lipinski definition) is 4. The zero-order valence-electron chi connectivity index (χ0n) is 18.7. The molecular weight excluding hydrogens is 420 g/mol. The van der Waals surface area contributed by atoms with Crippen LogP contribution in [0.4, 0.5) is 11.4 Å². The van der Waals surface area contributed by atoms with Gasteiger partial charge in [0.15, 0.2) is 0 Å². The largest absolute Gasteiger partial charge is 0.461 e. The highest BCUT2D eigenvalue weighted by Gasteiger charge is 2.39. The van der Waals surface area contributed by atoms with Crippen molar-refractivity contribution in [2.45, 2.75) is 32.7 Å². The first-order chi connectivity index (χ1) is 15.8. The van der Waals surface area contributed by atoms with Gasteiger partial charge in [0, 0.05) is 28.2 Å². The molecule has 1 aliphatic carbocycles. The zero-order valence-corrected chi connectivity index (χ0v) is 18.7. The number of carbonyl (C=O) groups is 3. The molecule has 0 spiro atoms. The van der Waals surface area contributed by atoms with Gasteiger partial charge in [0.1, 0.15) is 5.69 Å². The van der Waals surface area contributed by atoms with Crippen LogP contribution < -0.4 is 16.4 Å². The maximum absolute atomic E-state index is 12.6. The average Bonchev–Trinajstić information content (AvgIpc) is 3.37. The number of esters is 1. The summed E-state index contributed by atoms with van der Waals surface area (Å²) in [7, 11) is 0. The summed E-state index contributed by atoms with van der Waals surface area (Å²) in [6, 6.07) is 13.6. The number of benzene rings is 2. The summed E-state index contributed by atoms with van der Waals surface area (Å²) in [5.41, 5.74) is 9.47. The molecule has 1 heterocycles. The number of rotatable bonds is 8. The summed E-state index contributed by atoms with van der Waals surface area (Å²) >= 11 is 0. The van der Waals surface area contributed by atoms with Crippen molar-refractivity contribution in [3.8, 4) is 0 Å². The Morgan fingerprint density at radius 3 is 2.45 bits per heavy atom. The van der Waals surface area contributed by atoms with Crippen molar-refractivity contribution in [2.24, 2.45) is 17.6 Å². The molecule has 1 aromatic heterocycles. The fourth-order valence-electron chi connectivity index (χ4n) is 3.76. The Balaban J connectivity index is 1.33. The monoisotopic (exact) mass is 448 g/mol. The Bertz CT molecular complexity index is 1180. The molecule has 8 heteroatoms. The smallest absolute Gasteiger partial charge is 0.354 e. The van der Waals surface area contributed by atoms with Gasteiger partial charge in [0.25, 0.3) is 0 Å². The predicted octanol–water partition coefficient (Wildman–Crippen LogP) is 3.45. The Hall–Kier alpha value is -3.65. The van der Waals surface area contributed by atoms with Crippen molar-refractivity contribution in [3.05, 3.63) is 59.8 Å². The normalized spacial score (nSPS) is 17.9. The highest BCUT2D eigenvalue weighted by molar-refractivity contribution is 5.99. The molecule has 0 radical (unpaired) electrons. The topological polar surface area (TPSA) is 126 Å². The van der Waals surface area contributed by atoms with Gasteiger partial charge in [0.05, 0.1) is 12.6 Å². The van der Waals surface area contributed by atoms with Gasteiger partial charge in [-0.2, -0.15) is 0 Å². The van der Waals surface area contributed by atoms with Crippen molar-refractivity contribution >= 4 is 40.1 Å². The summed E-state index contributed by atoms with van der Waals surface area (Å²) in [4.78, 5) is 39.6. The Kier molecular flexibility index (Phi) is 6.46. The molecule has 5 N–H and O–H groups in total. The van der Waals surface area contributed by atoms with Gasteiger partial charge in [0.2, 0.25) is 11.8 Å². The molecule has 0 unspecified atom stereocenters. The van der Waals surface area contributed by atoms with E-state index in [1.165, 1.54) is 0 Å². The van der Waals surface area contributed by atoms with E-state index >= 15 is 0 Å². The summed E-state index contributed by atoms with van der Waals surface area (Å²) < 4.78 is 5.01. The number of H-pyrrole nitrogens is 1. The number of hydrogen-bond acceptors (Lipinski definition) is 5. The molecule has 2 amide bonds. The molecule has 0 saturated heterocycles. The second-order valence-electron chi connectivity index (χ2n) is 8.51. The second-order valence-corrected chi connectivity index (χ2v) is 8.51. The lowest BCUT2D eigenvalue weighted by Crippen LogP contribution is -2.37.